The van der Waals surface area contributed by atoms with Crippen molar-refractivity contribution < 1.29 is 14.3 Å². The van der Waals surface area contributed by atoms with Crippen LogP contribution < -0.4 is 15.0 Å². The van der Waals surface area contributed by atoms with E-state index in [4.69, 9.17) is 9.47 Å². The van der Waals surface area contributed by atoms with E-state index in [1.807, 2.05) is 19.1 Å². The first-order valence-electron chi connectivity index (χ1n) is 9.42. The maximum absolute atomic E-state index is 12.4. The van der Waals surface area contributed by atoms with Crippen LogP contribution in [0.4, 0.5) is 5.69 Å². The molecule has 4 rings (SSSR count). The molecule has 0 atom stereocenters. The number of ether oxygens (including phenoxy) is 2. The lowest BCUT2D eigenvalue weighted by molar-refractivity contribution is 0.0946. The Morgan fingerprint density at radius 1 is 1.18 bits per heavy atom. The number of hydrogen-bond acceptors (Lipinski definition) is 6. The van der Waals surface area contributed by atoms with Gasteiger partial charge in [0.2, 0.25) is 5.88 Å². The predicted octanol–water partition coefficient (Wildman–Crippen LogP) is 1.89. The highest BCUT2D eigenvalue weighted by Gasteiger charge is 2.13. The average Bonchev–Trinajstić information content (AvgIpc) is 3.17. The van der Waals surface area contributed by atoms with Crippen LogP contribution in [0.15, 0.2) is 42.6 Å². The molecule has 8 nitrogen and oxygen atoms in total. The third kappa shape index (κ3) is 4.07. The van der Waals surface area contributed by atoms with E-state index in [-0.39, 0.29) is 5.91 Å². The van der Waals surface area contributed by atoms with Crippen LogP contribution in [0.5, 0.6) is 5.88 Å². The van der Waals surface area contributed by atoms with E-state index in [0.717, 1.165) is 31.9 Å². The molecule has 2 aromatic heterocycles. The van der Waals surface area contributed by atoms with E-state index in [9.17, 15) is 4.79 Å². The number of nitrogens with zero attached hydrogens (tertiary/aromatic N) is 4. The molecule has 1 N–H and O–H groups in total. The lowest BCUT2D eigenvalue weighted by Gasteiger charge is -2.28. The lowest BCUT2D eigenvalue weighted by Crippen LogP contribution is -2.36. The van der Waals surface area contributed by atoms with Crippen LogP contribution in [-0.2, 0) is 11.3 Å². The van der Waals surface area contributed by atoms with Gasteiger partial charge in [-0.3, -0.25) is 4.79 Å². The average molecular weight is 381 g/mol. The van der Waals surface area contributed by atoms with Crippen molar-refractivity contribution in [1.29, 1.82) is 0 Å². The maximum atomic E-state index is 12.4. The standard InChI is InChI=1S/C20H23N5O3/c1-2-28-19-8-7-18-22-17(14-25(18)23-19)20(26)21-13-15-3-5-16(6-4-15)24-9-11-27-12-10-24/h3-8,14H,2,9-13H2,1H3,(H,21,26). The van der Waals surface area contributed by atoms with Gasteiger partial charge in [0.1, 0.15) is 5.69 Å². The number of rotatable bonds is 6. The van der Waals surface area contributed by atoms with Crippen molar-refractivity contribution in [3.63, 3.8) is 0 Å². The minimum absolute atomic E-state index is 0.235. The zero-order valence-corrected chi connectivity index (χ0v) is 15.8. The van der Waals surface area contributed by atoms with Crippen molar-refractivity contribution in [1.82, 2.24) is 19.9 Å². The largest absolute Gasteiger partial charge is 0.477 e. The molecule has 1 saturated heterocycles. The number of carbonyl (C=O) groups excluding carboxylic acids is 1. The summed E-state index contributed by atoms with van der Waals surface area (Å²) in [6, 6.07) is 11.7. The Labute approximate surface area is 163 Å². The number of anilines is 1. The Morgan fingerprint density at radius 2 is 1.96 bits per heavy atom. The fraction of sp³-hybridized carbons (Fsp3) is 0.350. The van der Waals surface area contributed by atoms with Gasteiger partial charge in [0.25, 0.3) is 5.91 Å². The first-order chi connectivity index (χ1) is 13.7. The monoisotopic (exact) mass is 381 g/mol. The van der Waals surface area contributed by atoms with Crippen molar-refractivity contribution >= 4 is 17.2 Å². The van der Waals surface area contributed by atoms with Crippen molar-refractivity contribution in [3.05, 3.63) is 53.9 Å². The number of imidazole rings is 1. The number of carbonyl (C=O) groups is 1. The Balaban J connectivity index is 1.37. The third-order valence-electron chi connectivity index (χ3n) is 4.59. The van der Waals surface area contributed by atoms with Gasteiger partial charge in [-0.25, -0.2) is 9.50 Å². The quantitative estimate of drug-likeness (QED) is 0.702. The fourth-order valence-corrected chi connectivity index (χ4v) is 3.12. The molecular weight excluding hydrogens is 358 g/mol. The number of aromatic nitrogens is 3. The topological polar surface area (TPSA) is 81.0 Å². The summed E-state index contributed by atoms with van der Waals surface area (Å²) < 4.78 is 12.3. The second-order valence-corrected chi connectivity index (χ2v) is 6.48. The summed E-state index contributed by atoms with van der Waals surface area (Å²) in [5.74, 6) is 0.264. The van der Waals surface area contributed by atoms with Gasteiger partial charge in [-0.2, -0.15) is 0 Å². The molecule has 0 bridgehead atoms. The van der Waals surface area contributed by atoms with Gasteiger partial charge in [0.05, 0.1) is 26.0 Å². The molecule has 1 aromatic carbocycles. The molecular formula is C20H23N5O3. The number of morpholine rings is 1. The van der Waals surface area contributed by atoms with Gasteiger partial charge in [-0.1, -0.05) is 12.1 Å². The van der Waals surface area contributed by atoms with Gasteiger partial charge in [-0.15, -0.1) is 5.10 Å². The fourth-order valence-electron chi connectivity index (χ4n) is 3.12. The summed E-state index contributed by atoms with van der Waals surface area (Å²) in [6.07, 6.45) is 1.61. The Bertz CT molecular complexity index is 948. The Kier molecular flexibility index (Phi) is 5.38. The molecule has 3 aromatic rings. The van der Waals surface area contributed by atoms with Gasteiger partial charge >= 0.3 is 0 Å². The zero-order chi connectivity index (χ0) is 19.3. The summed E-state index contributed by atoms with van der Waals surface area (Å²) in [7, 11) is 0. The van der Waals surface area contributed by atoms with E-state index < -0.39 is 0 Å². The van der Waals surface area contributed by atoms with E-state index in [2.05, 4.69) is 32.4 Å². The molecule has 0 unspecified atom stereocenters. The van der Waals surface area contributed by atoms with Crippen molar-refractivity contribution in [2.75, 3.05) is 37.8 Å². The van der Waals surface area contributed by atoms with Crippen LogP contribution in [0, 0.1) is 0 Å². The van der Waals surface area contributed by atoms with Crippen LogP contribution in [0.1, 0.15) is 23.0 Å². The Hall–Kier alpha value is -3.13. The maximum Gasteiger partial charge on any atom is 0.271 e. The smallest absolute Gasteiger partial charge is 0.271 e. The third-order valence-corrected chi connectivity index (χ3v) is 4.59. The van der Waals surface area contributed by atoms with Gasteiger partial charge in [-0.05, 0) is 30.7 Å². The van der Waals surface area contributed by atoms with Crippen LogP contribution in [0.25, 0.3) is 5.65 Å². The van der Waals surface area contributed by atoms with Crippen LogP contribution in [0.3, 0.4) is 0 Å². The second-order valence-electron chi connectivity index (χ2n) is 6.48. The summed E-state index contributed by atoms with van der Waals surface area (Å²) >= 11 is 0. The minimum atomic E-state index is -0.235. The van der Waals surface area contributed by atoms with Crippen LogP contribution in [-0.4, -0.2) is 53.4 Å². The van der Waals surface area contributed by atoms with Crippen molar-refractivity contribution in [2.24, 2.45) is 0 Å². The van der Waals surface area contributed by atoms with Crippen molar-refractivity contribution in [2.45, 2.75) is 13.5 Å². The van der Waals surface area contributed by atoms with E-state index in [1.54, 1.807) is 22.8 Å². The van der Waals surface area contributed by atoms with E-state index >= 15 is 0 Å². The van der Waals surface area contributed by atoms with Gasteiger partial charge < -0.3 is 19.7 Å². The molecule has 1 fully saturated rings. The van der Waals surface area contributed by atoms with Crippen molar-refractivity contribution in [3.8, 4) is 5.88 Å². The Morgan fingerprint density at radius 3 is 2.71 bits per heavy atom. The molecule has 0 spiro atoms. The molecule has 0 saturated carbocycles. The first-order valence-corrected chi connectivity index (χ1v) is 9.42. The highest BCUT2D eigenvalue weighted by Crippen LogP contribution is 2.17. The predicted molar refractivity (Wildman–Crippen MR) is 105 cm³/mol. The number of fused-ring (bicyclic) bond motifs is 1. The van der Waals surface area contributed by atoms with E-state index in [1.165, 1.54) is 5.69 Å². The molecule has 1 amide bonds. The van der Waals surface area contributed by atoms with Crippen LogP contribution in [0.2, 0.25) is 0 Å². The number of benzene rings is 1. The second kappa shape index (κ2) is 8.26. The SMILES string of the molecule is CCOc1ccc2nc(C(=O)NCc3ccc(N4CCOCC4)cc3)cn2n1. The molecule has 28 heavy (non-hydrogen) atoms. The molecule has 1 aliphatic heterocycles. The number of amides is 1. The highest BCUT2D eigenvalue weighted by atomic mass is 16.5. The minimum Gasteiger partial charge on any atom is -0.477 e. The lowest BCUT2D eigenvalue weighted by atomic mass is 10.2. The summed E-state index contributed by atoms with van der Waals surface area (Å²) in [5.41, 5.74) is 3.13. The van der Waals surface area contributed by atoms with E-state index in [0.29, 0.717) is 30.4 Å². The van der Waals surface area contributed by atoms with Gasteiger partial charge in [0.15, 0.2) is 5.65 Å². The molecule has 146 valence electrons. The van der Waals surface area contributed by atoms with Crippen LogP contribution >= 0.6 is 0 Å². The molecule has 0 radical (unpaired) electrons. The molecule has 8 heteroatoms. The molecule has 0 aliphatic carbocycles. The van der Waals surface area contributed by atoms with Gasteiger partial charge in [0, 0.05) is 31.4 Å². The molecule has 3 heterocycles. The number of nitrogens with one attached hydrogen (secondary N) is 1. The normalized spacial score (nSPS) is 14.2. The zero-order valence-electron chi connectivity index (χ0n) is 15.8. The summed E-state index contributed by atoms with van der Waals surface area (Å²) in [6.45, 7) is 6.20. The summed E-state index contributed by atoms with van der Waals surface area (Å²) in [4.78, 5) is 19.1. The first kappa shape index (κ1) is 18.2. The highest BCUT2D eigenvalue weighted by molar-refractivity contribution is 5.92. The summed E-state index contributed by atoms with van der Waals surface area (Å²) in [5, 5.41) is 7.19. The number of hydrogen-bond donors (Lipinski definition) is 1. The molecule has 1 aliphatic rings.